The summed E-state index contributed by atoms with van der Waals surface area (Å²) in [6, 6.07) is 12.5. The number of H-pyrrole nitrogens is 1. The molecule has 1 heterocycles. The first-order chi connectivity index (χ1) is 9.65. The fraction of sp³-hybridized carbons (Fsp3) is 0. The summed E-state index contributed by atoms with van der Waals surface area (Å²) in [5, 5.41) is 13.8. The van der Waals surface area contributed by atoms with Crippen LogP contribution in [0.15, 0.2) is 48.7 Å². The Labute approximate surface area is 120 Å². The van der Waals surface area contributed by atoms with Crippen LogP contribution in [-0.4, -0.2) is 16.1 Å². The first kappa shape index (κ1) is 12.6. The van der Waals surface area contributed by atoms with Crippen molar-refractivity contribution in [2.45, 2.75) is 0 Å². The predicted molar refractivity (Wildman–Crippen MR) is 80.0 cm³/mol. The molecule has 4 nitrogen and oxygen atoms in total. The van der Waals surface area contributed by atoms with Crippen LogP contribution in [0.1, 0.15) is 10.4 Å². The molecule has 1 aromatic heterocycles. The monoisotopic (exact) mass is 286 g/mol. The standard InChI is InChI=1S/C15H11ClN2O2/c16-9-4-5-14(11(8-9)15(19)20)18-13-3-1-2-12-10(13)6-7-17-12/h1-8,17-18H,(H,19,20). The van der Waals surface area contributed by atoms with E-state index >= 15 is 0 Å². The maximum atomic E-state index is 11.3. The molecule has 3 N–H and O–H groups in total. The van der Waals surface area contributed by atoms with Crippen LogP contribution in [0, 0.1) is 0 Å². The minimum Gasteiger partial charge on any atom is -0.478 e. The van der Waals surface area contributed by atoms with Crippen LogP contribution in [0.2, 0.25) is 5.02 Å². The number of carboxylic acid groups (broad SMARTS) is 1. The highest BCUT2D eigenvalue weighted by molar-refractivity contribution is 6.31. The van der Waals surface area contributed by atoms with Gasteiger partial charge in [0.1, 0.15) is 0 Å². The van der Waals surface area contributed by atoms with Crippen LogP contribution in [0.4, 0.5) is 11.4 Å². The summed E-state index contributed by atoms with van der Waals surface area (Å²) in [5.74, 6) is -1.02. The van der Waals surface area contributed by atoms with Crippen molar-refractivity contribution in [3.05, 3.63) is 59.2 Å². The van der Waals surface area contributed by atoms with Crippen molar-refractivity contribution in [1.82, 2.24) is 4.98 Å². The van der Waals surface area contributed by atoms with Gasteiger partial charge in [0.15, 0.2) is 0 Å². The van der Waals surface area contributed by atoms with E-state index in [1.807, 2.05) is 30.5 Å². The number of halogens is 1. The molecule has 0 radical (unpaired) electrons. The van der Waals surface area contributed by atoms with Crippen molar-refractivity contribution in [3.63, 3.8) is 0 Å². The highest BCUT2D eigenvalue weighted by Gasteiger charge is 2.12. The second kappa shape index (κ2) is 4.90. The van der Waals surface area contributed by atoms with Gasteiger partial charge in [0.05, 0.1) is 11.3 Å². The lowest BCUT2D eigenvalue weighted by Crippen LogP contribution is -2.02. The van der Waals surface area contributed by atoms with Crippen molar-refractivity contribution < 1.29 is 9.90 Å². The van der Waals surface area contributed by atoms with Crippen molar-refractivity contribution in [1.29, 1.82) is 0 Å². The molecule has 0 saturated carbocycles. The smallest absolute Gasteiger partial charge is 0.337 e. The number of rotatable bonds is 3. The SMILES string of the molecule is O=C(O)c1cc(Cl)ccc1Nc1cccc2[nH]ccc12. The summed E-state index contributed by atoms with van der Waals surface area (Å²) in [6.07, 6.45) is 1.84. The maximum Gasteiger partial charge on any atom is 0.337 e. The number of hydrogen-bond acceptors (Lipinski definition) is 2. The van der Waals surface area contributed by atoms with E-state index in [1.165, 1.54) is 6.07 Å². The third-order valence-corrected chi connectivity index (χ3v) is 3.31. The number of aromatic nitrogens is 1. The van der Waals surface area contributed by atoms with Gasteiger partial charge in [-0.05, 0) is 36.4 Å². The van der Waals surface area contributed by atoms with Gasteiger partial charge in [0.25, 0.3) is 0 Å². The van der Waals surface area contributed by atoms with Gasteiger partial charge in [0.2, 0.25) is 0 Å². The number of carboxylic acids is 1. The molecule has 20 heavy (non-hydrogen) atoms. The zero-order chi connectivity index (χ0) is 14.1. The van der Waals surface area contributed by atoms with Crippen molar-refractivity contribution in [2.24, 2.45) is 0 Å². The normalized spacial score (nSPS) is 10.7. The molecule has 0 fully saturated rings. The molecule has 2 aromatic carbocycles. The van der Waals surface area contributed by atoms with E-state index in [2.05, 4.69) is 10.3 Å². The van der Waals surface area contributed by atoms with E-state index in [1.54, 1.807) is 12.1 Å². The minimum atomic E-state index is -1.02. The van der Waals surface area contributed by atoms with E-state index in [0.717, 1.165) is 16.6 Å². The number of hydrogen-bond donors (Lipinski definition) is 3. The molecule has 0 aliphatic carbocycles. The molecular formula is C15H11ClN2O2. The Hall–Kier alpha value is -2.46. The lowest BCUT2D eigenvalue weighted by molar-refractivity contribution is 0.0698. The predicted octanol–water partition coefficient (Wildman–Crippen LogP) is 4.26. The number of anilines is 2. The molecule has 0 aliphatic rings. The average molecular weight is 287 g/mol. The second-order valence-electron chi connectivity index (χ2n) is 4.36. The van der Waals surface area contributed by atoms with Crippen LogP contribution >= 0.6 is 11.6 Å². The highest BCUT2D eigenvalue weighted by Crippen LogP contribution is 2.28. The summed E-state index contributed by atoms with van der Waals surface area (Å²) in [4.78, 5) is 14.4. The number of carbonyl (C=O) groups is 1. The summed E-state index contributed by atoms with van der Waals surface area (Å²) < 4.78 is 0. The van der Waals surface area contributed by atoms with Gasteiger partial charge in [-0.3, -0.25) is 0 Å². The lowest BCUT2D eigenvalue weighted by Gasteiger charge is -2.11. The lowest BCUT2D eigenvalue weighted by atomic mass is 10.1. The van der Waals surface area contributed by atoms with Gasteiger partial charge in [-0.15, -0.1) is 0 Å². The first-order valence-electron chi connectivity index (χ1n) is 6.01. The molecule has 5 heteroatoms. The van der Waals surface area contributed by atoms with E-state index in [4.69, 9.17) is 11.6 Å². The third kappa shape index (κ3) is 2.21. The molecule has 0 amide bonds. The van der Waals surface area contributed by atoms with Gasteiger partial charge in [0, 0.05) is 27.8 Å². The summed E-state index contributed by atoms with van der Waals surface area (Å²) >= 11 is 5.85. The van der Waals surface area contributed by atoms with Crippen LogP contribution < -0.4 is 5.32 Å². The van der Waals surface area contributed by atoms with E-state index < -0.39 is 5.97 Å². The van der Waals surface area contributed by atoms with Gasteiger partial charge in [-0.25, -0.2) is 4.79 Å². The quantitative estimate of drug-likeness (QED) is 0.674. The van der Waals surface area contributed by atoms with Gasteiger partial charge < -0.3 is 15.4 Å². The van der Waals surface area contributed by atoms with E-state index in [0.29, 0.717) is 10.7 Å². The maximum absolute atomic E-state index is 11.3. The van der Waals surface area contributed by atoms with Crippen molar-refractivity contribution in [2.75, 3.05) is 5.32 Å². The number of nitrogens with one attached hydrogen (secondary N) is 2. The number of fused-ring (bicyclic) bond motifs is 1. The molecule has 0 unspecified atom stereocenters. The molecule has 0 bridgehead atoms. The molecule has 0 atom stereocenters. The Balaban J connectivity index is 2.07. The summed E-state index contributed by atoms with van der Waals surface area (Å²) in [7, 11) is 0. The van der Waals surface area contributed by atoms with Crippen LogP contribution in [0.25, 0.3) is 10.9 Å². The largest absolute Gasteiger partial charge is 0.478 e. The topological polar surface area (TPSA) is 65.1 Å². The van der Waals surface area contributed by atoms with E-state index in [-0.39, 0.29) is 5.56 Å². The minimum absolute atomic E-state index is 0.144. The van der Waals surface area contributed by atoms with Crippen LogP contribution in [0.5, 0.6) is 0 Å². The molecular weight excluding hydrogens is 276 g/mol. The highest BCUT2D eigenvalue weighted by atomic mass is 35.5. The summed E-state index contributed by atoms with van der Waals surface area (Å²) in [6.45, 7) is 0. The molecule has 0 aliphatic heterocycles. The number of benzene rings is 2. The molecule has 100 valence electrons. The van der Waals surface area contributed by atoms with Gasteiger partial charge in [-0.1, -0.05) is 17.7 Å². The van der Waals surface area contributed by atoms with Crippen LogP contribution in [-0.2, 0) is 0 Å². The second-order valence-corrected chi connectivity index (χ2v) is 4.80. The average Bonchev–Trinajstić information content (AvgIpc) is 2.90. The molecule has 3 aromatic rings. The Kier molecular flexibility index (Phi) is 3.08. The summed E-state index contributed by atoms with van der Waals surface area (Å²) in [5.41, 5.74) is 2.48. The Bertz CT molecular complexity index is 795. The van der Waals surface area contributed by atoms with Gasteiger partial charge >= 0.3 is 5.97 Å². The van der Waals surface area contributed by atoms with Crippen LogP contribution in [0.3, 0.4) is 0 Å². The fourth-order valence-electron chi connectivity index (χ4n) is 2.14. The van der Waals surface area contributed by atoms with E-state index in [9.17, 15) is 9.90 Å². The molecule has 3 rings (SSSR count). The van der Waals surface area contributed by atoms with Crippen molar-refractivity contribution >= 4 is 39.8 Å². The third-order valence-electron chi connectivity index (χ3n) is 3.08. The molecule has 0 spiro atoms. The zero-order valence-corrected chi connectivity index (χ0v) is 11.1. The Morgan fingerprint density at radius 3 is 2.80 bits per heavy atom. The van der Waals surface area contributed by atoms with Crippen molar-refractivity contribution in [3.8, 4) is 0 Å². The Morgan fingerprint density at radius 2 is 2.00 bits per heavy atom. The first-order valence-corrected chi connectivity index (χ1v) is 6.39. The number of aromatic amines is 1. The number of aromatic carboxylic acids is 1. The molecule has 0 saturated heterocycles. The van der Waals surface area contributed by atoms with Gasteiger partial charge in [-0.2, -0.15) is 0 Å². The fourth-order valence-corrected chi connectivity index (χ4v) is 2.31. The zero-order valence-electron chi connectivity index (χ0n) is 10.4. The Morgan fingerprint density at radius 1 is 1.15 bits per heavy atom.